The van der Waals surface area contributed by atoms with Crippen molar-refractivity contribution in [3.63, 3.8) is 0 Å². The minimum absolute atomic E-state index is 0.0443. The third-order valence-electron chi connectivity index (χ3n) is 4.59. The smallest absolute Gasteiger partial charge is 0.243 e. The van der Waals surface area contributed by atoms with E-state index >= 15 is 0 Å². The van der Waals surface area contributed by atoms with Crippen molar-refractivity contribution in [3.8, 4) is 5.75 Å². The Morgan fingerprint density at radius 2 is 2.08 bits per heavy atom. The SMILES string of the molecule is Cc1cc(S(=O)(=O)N2CCN(C)C(c3ncc[nH]3)C2)ccc1OC(C)C. The lowest BCUT2D eigenvalue weighted by Gasteiger charge is -2.37. The van der Waals surface area contributed by atoms with Crippen LogP contribution in [0.4, 0.5) is 0 Å². The minimum Gasteiger partial charge on any atom is -0.491 e. The van der Waals surface area contributed by atoms with Gasteiger partial charge in [0.15, 0.2) is 0 Å². The largest absolute Gasteiger partial charge is 0.491 e. The molecule has 142 valence electrons. The predicted molar refractivity (Wildman–Crippen MR) is 99.7 cm³/mol. The number of rotatable bonds is 5. The Hall–Kier alpha value is -1.90. The van der Waals surface area contributed by atoms with Crippen molar-refractivity contribution in [1.82, 2.24) is 19.2 Å². The zero-order chi connectivity index (χ0) is 18.9. The molecule has 8 heteroatoms. The fraction of sp³-hybridized carbons (Fsp3) is 0.500. The van der Waals surface area contributed by atoms with Gasteiger partial charge in [0, 0.05) is 32.0 Å². The highest BCUT2D eigenvalue weighted by Gasteiger charge is 2.34. The maximum atomic E-state index is 13.1. The van der Waals surface area contributed by atoms with Crippen LogP contribution in [-0.4, -0.2) is 60.4 Å². The molecule has 0 saturated carbocycles. The molecule has 0 bridgehead atoms. The van der Waals surface area contributed by atoms with Crippen LogP contribution in [0.2, 0.25) is 0 Å². The number of nitrogens with zero attached hydrogens (tertiary/aromatic N) is 3. The lowest BCUT2D eigenvalue weighted by atomic mass is 10.2. The van der Waals surface area contributed by atoms with Gasteiger partial charge >= 0.3 is 0 Å². The second-order valence-electron chi connectivity index (χ2n) is 6.93. The van der Waals surface area contributed by atoms with Gasteiger partial charge in [-0.3, -0.25) is 4.90 Å². The lowest BCUT2D eigenvalue weighted by molar-refractivity contribution is 0.142. The molecule has 2 heterocycles. The highest BCUT2D eigenvalue weighted by Crippen LogP contribution is 2.28. The Kier molecular flexibility index (Phi) is 5.36. The van der Waals surface area contributed by atoms with Crippen LogP contribution < -0.4 is 4.74 Å². The number of hydrogen-bond donors (Lipinski definition) is 1. The number of likely N-dealkylation sites (N-methyl/N-ethyl adjacent to an activating group) is 1. The number of ether oxygens (including phenoxy) is 1. The highest BCUT2D eigenvalue weighted by molar-refractivity contribution is 7.89. The van der Waals surface area contributed by atoms with E-state index in [1.54, 1.807) is 30.6 Å². The summed E-state index contributed by atoms with van der Waals surface area (Å²) in [6.07, 6.45) is 3.49. The number of nitrogens with one attached hydrogen (secondary N) is 1. The number of aromatic nitrogens is 2. The summed E-state index contributed by atoms with van der Waals surface area (Å²) in [5.74, 6) is 1.50. The summed E-state index contributed by atoms with van der Waals surface area (Å²) in [7, 11) is -1.58. The van der Waals surface area contributed by atoms with Gasteiger partial charge in [-0.1, -0.05) is 0 Å². The molecule has 7 nitrogen and oxygen atoms in total. The van der Waals surface area contributed by atoms with Gasteiger partial charge in [0.05, 0.1) is 17.0 Å². The van der Waals surface area contributed by atoms with Crippen molar-refractivity contribution < 1.29 is 13.2 Å². The van der Waals surface area contributed by atoms with Gasteiger partial charge in [0.2, 0.25) is 10.0 Å². The molecule has 3 rings (SSSR count). The second-order valence-corrected chi connectivity index (χ2v) is 8.87. The van der Waals surface area contributed by atoms with Crippen molar-refractivity contribution in [2.24, 2.45) is 0 Å². The third-order valence-corrected chi connectivity index (χ3v) is 6.45. The number of benzene rings is 1. The molecule has 0 aliphatic carbocycles. The molecule has 1 aromatic heterocycles. The summed E-state index contributed by atoms with van der Waals surface area (Å²) in [6, 6.07) is 4.97. The van der Waals surface area contributed by atoms with Gasteiger partial charge in [-0.25, -0.2) is 13.4 Å². The number of hydrogen-bond acceptors (Lipinski definition) is 5. The highest BCUT2D eigenvalue weighted by atomic mass is 32.2. The van der Waals surface area contributed by atoms with Crippen LogP contribution in [0, 0.1) is 6.92 Å². The fourth-order valence-corrected chi connectivity index (χ4v) is 4.66. The topological polar surface area (TPSA) is 78.5 Å². The molecule has 1 aliphatic heterocycles. The molecule has 1 N–H and O–H groups in total. The average Bonchev–Trinajstić information content (AvgIpc) is 3.10. The van der Waals surface area contributed by atoms with Gasteiger partial charge in [-0.2, -0.15) is 4.31 Å². The number of aromatic amines is 1. The van der Waals surface area contributed by atoms with Crippen LogP contribution in [-0.2, 0) is 10.0 Å². The van der Waals surface area contributed by atoms with Crippen molar-refractivity contribution in [3.05, 3.63) is 42.0 Å². The summed E-state index contributed by atoms with van der Waals surface area (Å²) in [6.45, 7) is 7.24. The summed E-state index contributed by atoms with van der Waals surface area (Å²) >= 11 is 0. The van der Waals surface area contributed by atoms with Crippen LogP contribution in [0.5, 0.6) is 5.75 Å². The van der Waals surface area contributed by atoms with E-state index in [4.69, 9.17) is 4.74 Å². The molecule has 1 aliphatic rings. The Morgan fingerprint density at radius 3 is 2.69 bits per heavy atom. The summed E-state index contributed by atoms with van der Waals surface area (Å²) in [5, 5.41) is 0. The normalized spacial score (nSPS) is 19.8. The summed E-state index contributed by atoms with van der Waals surface area (Å²) < 4.78 is 33.5. The number of aryl methyl sites for hydroxylation is 1. The predicted octanol–water partition coefficient (Wildman–Crippen LogP) is 2.18. The molecule has 0 radical (unpaired) electrons. The van der Waals surface area contributed by atoms with Gasteiger partial charge < -0.3 is 9.72 Å². The van der Waals surface area contributed by atoms with Crippen LogP contribution >= 0.6 is 0 Å². The Labute approximate surface area is 155 Å². The van der Waals surface area contributed by atoms with E-state index in [1.165, 1.54) is 4.31 Å². The molecule has 1 fully saturated rings. The number of imidazole rings is 1. The van der Waals surface area contributed by atoms with E-state index in [2.05, 4.69) is 14.9 Å². The molecule has 1 unspecified atom stereocenters. The summed E-state index contributed by atoms with van der Waals surface area (Å²) in [4.78, 5) is 9.81. The van der Waals surface area contributed by atoms with E-state index < -0.39 is 10.0 Å². The number of piperazine rings is 1. The van der Waals surface area contributed by atoms with E-state index in [-0.39, 0.29) is 12.1 Å². The molecule has 26 heavy (non-hydrogen) atoms. The van der Waals surface area contributed by atoms with Gasteiger partial charge in [-0.05, 0) is 51.6 Å². The molecule has 1 saturated heterocycles. The van der Waals surface area contributed by atoms with Crippen molar-refractivity contribution in [2.45, 2.75) is 37.8 Å². The molecular formula is C18H26N4O3S. The monoisotopic (exact) mass is 378 g/mol. The second kappa shape index (κ2) is 7.38. The van der Waals surface area contributed by atoms with Crippen LogP contribution in [0.25, 0.3) is 0 Å². The van der Waals surface area contributed by atoms with E-state index in [0.29, 0.717) is 30.3 Å². The van der Waals surface area contributed by atoms with E-state index in [0.717, 1.165) is 11.4 Å². The van der Waals surface area contributed by atoms with Crippen LogP contribution in [0.3, 0.4) is 0 Å². The lowest BCUT2D eigenvalue weighted by Crippen LogP contribution is -2.49. The maximum Gasteiger partial charge on any atom is 0.243 e. The minimum atomic E-state index is -3.57. The van der Waals surface area contributed by atoms with Crippen molar-refractivity contribution >= 4 is 10.0 Å². The standard InChI is InChI=1S/C18H26N4O3S/c1-13(2)25-17-6-5-15(11-14(17)3)26(23,24)22-10-9-21(4)16(12-22)18-19-7-8-20-18/h5-8,11,13,16H,9-10,12H2,1-4H3,(H,19,20). The molecular weight excluding hydrogens is 352 g/mol. The summed E-state index contributed by atoms with van der Waals surface area (Å²) in [5.41, 5.74) is 0.816. The molecule has 1 atom stereocenters. The number of sulfonamides is 1. The quantitative estimate of drug-likeness (QED) is 0.863. The number of H-pyrrole nitrogens is 1. The Morgan fingerprint density at radius 1 is 1.31 bits per heavy atom. The fourth-order valence-electron chi connectivity index (χ4n) is 3.14. The Balaban J connectivity index is 1.84. The van der Waals surface area contributed by atoms with E-state index in [1.807, 2.05) is 27.8 Å². The van der Waals surface area contributed by atoms with Gasteiger partial charge in [-0.15, -0.1) is 0 Å². The average molecular weight is 378 g/mol. The molecule has 0 spiro atoms. The Bertz CT molecular complexity index is 849. The van der Waals surface area contributed by atoms with Crippen molar-refractivity contribution in [1.29, 1.82) is 0 Å². The maximum absolute atomic E-state index is 13.1. The first kappa shape index (κ1) is 18.9. The zero-order valence-electron chi connectivity index (χ0n) is 15.6. The first-order chi connectivity index (χ1) is 12.3. The van der Waals surface area contributed by atoms with Crippen LogP contribution in [0.15, 0.2) is 35.5 Å². The van der Waals surface area contributed by atoms with Gasteiger partial charge in [0.25, 0.3) is 0 Å². The third kappa shape index (κ3) is 3.77. The van der Waals surface area contributed by atoms with Gasteiger partial charge in [0.1, 0.15) is 11.6 Å². The first-order valence-electron chi connectivity index (χ1n) is 8.76. The van der Waals surface area contributed by atoms with Crippen molar-refractivity contribution in [2.75, 3.05) is 26.7 Å². The zero-order valence-corrected chi connectivity index (χ0v) is 16.5. The first-order valence-corrected chi connectivity index (χ1v) is 10.2. The van der Waals surface area contributed by atoms with E-state index in [9.17, 15) is 8.42 Å². The molecule has 0 amide bonds. The molecule has 1 aromatic carbocycles. The molecule has 2 aromatic rings. The van der Waals surface area contributed by atoms with Crippen LogP contribution in [0.1, 0.15) is 31.3 Å².